The van der Waals surface area contributed by atoms with Crippen molar-refractivity contribution in [1.82, 2.24) is 15.0 Å². The van der Waals surface area contributed by atoms with Crippen molar-refractivity contribution in [3.05, 3.63) is 40.2 Å². The fraction of sp³-hybridized carbons (Fsp3) is 0.308. The maximum atomic E-state index is 11.2. The maximum absolute atomic E-state index is 11.2. The third-order valence-corrected chi connectivity index (χ3v) is 3.68. The van der Waals surface area contributed by atoms with Crippen LogP contribution in [0.4, 0.5) is 0 Å². The van der Waals surface area contributed by atoms with Crippen molar-refractivity contribution in [2.75, 3.05) is 0 Å². The van der Waals surface area contributed by atoms with Gasteiger partial charge in [-0.2, -0.15) is 0 Å². The molecule has 0 aliphatic heterocycles. The van der Waals surface area contributed by atoms with Gasteiger partial charge in [0.1, 0.15) is 0 Å². The van der Waals surface area contributed by atoms with Crippen molar-refractivity contribution in [3.8, 4) is 5.69 Å². The summed E-state index contributed by atoms with van der Waals surface area (Å²) in [6, 6.07) is 5.53. The number of carboxylic acids is 1. The van der Waals surface area contributed by atoms with E-state index in [0.29, 0.717) is 10.7 Å². The van der Waals surface area contributed by atoms with Crippen LogP contribution in [0.2, 0.25) is 5.02 Å². The van der Waals surface area contributed by atoms with E-state index in [0.717, 1.165) is 24.1 Å². The van der Waals surface area contributed by atoms with Crippen molar-refractivity contribution in [1.29, 1.82) is 0 Å². The lowest BCUT2D eigenvalue weighted by Gasteiger charge is -2.07. The van der Waals surface area contributed by atoms with Crippen LogP contribution in [0.3, 0.4) is 0 Å². The zero-order valence-corrected chi connectivity index (χ0v) is 11.1. The molecule has 1 aliphatic rings. The Morgan fingerprint density at radius 1 is 1.47 bits per heavy atom. The molecule has 0 bridgehead atoms. The Kier molecular flexibility index (Phi) is 2.78. The normalized spacial score (nSPS) is 14.6. The summed E-state index contributed by atoms with van der Waals surface area (Å²) in [4.78, 5) is 11.2. The van der Waals surface area contributed by atoms with E-state index < -0.39 is 5.97 Å². The molecule has 1 aromatic carbocycles. The van der Waals surface area contributed by atoms with Crippen LogP contribution in [0, 0.1) is 6.92 Å². The van der Waals surface area contributed by atoms with E-state index in [-0.39, 0.29) is 11.6 Å². The van der Waals surface area contributed by atoms with E-state index in [1.54, 1.807) is 10.7 Å². The fourth-order valence-electron chi connectivity index (χ4n) is 2.07. The molecule has 1 N–H and O–H groups in total. The molecule has 1 aromatic heterocycles. The fourth-order valence-corrected chi connectivity index (χ4v) is 2.24. The monoisotopic (exact) mass is 277 g/mol. The predicted molar refractivity (Wildman–Crippen MR) is 70.0 cm³/mol. The molecule has 0 radical (unpaired) electrons. The van der Waals surface area contributed by atoms with Crippen LogP contribution in [0.25, 0.3) is 5.69 Å². The second kappa shape index (κ2) is 4.35. The van der Waals surface area contributed by atoms with E-state index in [1.165, 1.54) is 0 Å². The number of hydrogen-bond donors (Lipinski definition) is 1. The van der Waals surface area contributed by atoms with Gasteiger partial charge in [-0.3, -0.25) is 0 Å². The molecular weight excluding hydrogens is 266 g/mol. The van der Waals surface area contributed by atoms with Gasteiger partial charge in [-0.05, 0) is 37.5 Å². The third-order valence-electron chi connectivity index (χ3n) is 3.27. The summed E-state index contributed by atoms with van der Waals surface area (Å²) < 4.78 is 1.59. The van der Waals surface area contributed by atoms with E-state index in [1.807, 2.05) is 19.1 Å². The van der Waals surface area contributed by atoms with E-state index in [2.05, 4.69) is 10.3 Å². The average molecular weight is 278 g/mol. The number of halogens is 1. The van der Waals surface area contributed by atoms with Gasteiger partial charge in [0.25, 0.3) is 0 Å². The first kappa shape index (κ1) is 12.2. The van der Waals surface area contributed by atoms with Gasteiger partial charge in [0.2, 0.25) is 0 Å². The molecule has 1 saturated carbocycles. The molecule has 19 heavy (non-hydrogen) atoms. The molecule has 0 amide bonds. The van der Waals surface area contributed by atoms with Crippen LogP contribution in [-0.2, 0) is 0 Å². The molecule has 3 rings (SSSR count). The zero-order chi connectivity index (χ0) is 13.6. The minimum absolute atomic E-state index is 0.0409. The second-order valence-electron chi connectivity index (χ2n) is 4.75. The van der Waals surface area contributed by atoms with E-state index in [9.17, 15) is 4.79 Å². The van der Waals surface area contributed by atoms with Crippen LogP contribution in [0.15, 0.2) is 18.2 Å². The van der Waals surface area contributed by atoms with Gasteiger partial charge in [-0.15, -0.1) is 5.10 Å². The first-order chi connectivity index (χ1) is 9.08. The Hall–Kier alpha value is -1.88. The number of benzene rings is 1. The van der Waals surface area contributed by atoms with Gasteiger partial charge in [0.15, 0.2) is 5.69 Å². The summed E-state index contributed by atoms with van der Waals surface area (Å²) in [5.74, 6) is -0.799. The highest BCUT2D eigenvalue weighted by molar-refractivity contribution is 6.31. The lowest BCUT2D eigenvalue weighted by molar-refractivity contribution is 0.0689. The number of carbonyl (C=O) groups is 1. The first-order valence-corrected chi connectivity index (χ1v) is 6.41. The lowest BCUT2D eigenvalue weighted by atomic mass is 10.2. The largest absolute Gasteiger partial charge is 0.476 e. The van der Waals surface area contributed by atoms with E-state index in [4.69, 9.17) is 16.7 Å². The minimum Gasteiger partial charge on any atom is -0.476 e. The van der Waals surface area contributed by atoms with E-state index >= 15 is 0 Å². The standard InChI is InChI=1S/C13H12ClN3O2/c1-7-2-5-9(6-10(7)14)17-12(8-3-4-8)11(13(18)19)15-16-17/h2,5-6,8H,3-4H2,1H3,(H,18,19). The summed E-state index contributed by atoms with van der Waals surface area (Å²) in [5.41, 5.74) is 2.43. The van der Waals surface area contributed by atoms with Gasteiger partial charge in [-0.25, -0.2) is 9.48 Å². The molecule has 1 fully saturated rings. The molecule has 0 saturated heterocycles. The molecule has 0 spiro atoms. The van der Waals surface area contributed by atoms with Gasteiger partial charge >= 0.3 is 5.97 Å². The van der Waals surface area contributed by atoms with Gasteiger partial charge in [-0.1, -0.05) is 22.9 Å². The summed E-state index contributed by atoms with van der Waals surface area (Å²) in [5, 5.41) is 17.5. The van der Waals surface area contributed by atoms with Crippen LogP contribution in [0.5, 0.6) is 0 Å². The highest BCUT2D eigenvalue weighted by Crippen LogP contribution is 2.42. The van der Waals surface area contributed by atoms with Gasteiger partial charge in [0.05, 0.1) is 11.4 Å². The number of hydrogen-bond acceptors (Lipinski definition) is 3. The number of nitrogens with zero attached hydrogens (tertiary/aromatic N) is 3. The number of carboxylic acid groups (broad SMARTS) is 1. The van der Waals surface area contributed by atoms with Crippen LogP contribution >= 0.6 is 11.6 Å². The Morgan fingerprint density at radius 2 is 2.21 bits per heavy atom. The molecule has 6 heteroatoms. The lowest BCUT2D eigenvalue weighted by Crippen LogP contribution is -2.05. The minimum atomic E-state index is -1.04. The van der Waals surface area contributed by atoms with Crippen LogP contribution < -0.4 is 0 Å². The molecule has 2 aromatic rings. The molecule has 1 heterocycles. The zero-order valence-electron chi connectivity index (χ0n) is 10.3. The quantitative estimate of drug-likeness (QED) is 0.937. The predicted octanol–water partition coefficient (Wildman–Crippen LogP) is 2.80. The molecule has 5 nitrogen and oxygen atoms in total. The maximum Gasteiger partial charge on any atom is 0.358 e. The van der Waals surface area contributed by atoms with Crippen molar-refractivity contribution in [3.63, 3.8) is 0 Å². The number of aromatic nitrogens is 3. The summed E-state index contributed by atoms with van der Waals surface area (Å²) in [6.45, 7) is 1.91. The molecule has 0 atom stereocenters. The molecule has 0 unspecified atom stereocenters. The number of aryl methyl sites for hydroxylation is 1. The Labute approximate surface area is 114 Å². The smallest absolute Gasteiger partial charge is 0.358 e. The third kappa shape index (κ3) is 2.10. The molecule has 1 aliphatic carbocycles. The van der Waals surface area contributed by atoms with Crippen molar-refractivity contribution >= 4 is 17.6 Å². The highest BCUT2D eigenvalue weighted by atomic mass is 35.5. The van der Waals surface area contributed by atoms with Gasteiger partial charge < -0.3 is 5.11 Å². The Morgan fingerprint density at radius 3 is 2.79 bits per heavy atom. The van der Waals surface area contributed by atoms with Crippen molar-refractivity contribution in [2.24, 2.45) is 0 Å². The topological polar surface area (TPSA) is 68.0 Å². The van der Waals surface area contributed by atoms with Crippen molar-refractivity contribution < 1.29 is 9.90 Å². The highest BCUT2D eigenvalue weighted by Gasteiger charge is 2.34. The second-order valence-corrected chi connectivity index (χ2v) is 5.16. The van der Waals surface area contributed by atoms with Crippen LogP contribution in [-0.4, -0.2) is 26.1 Å². The number of rotatable bonds is 3. The van der Waals surface area contributed by atoms with Gasteiger partial charge in [0, 0.05) is 10.9 Å². The van der Waals surface area contributed by atoms with Crippen molar-refractivity contribution in [2.45, 2.75) is 25.7 Å². The summed E-state index contributed by atoms with van der Waals surface area (Å²) >= 11 is 6.10. The first-order valence-electron chi connectivity index (χ1n) is 6.03. The summed E-state index contributed by atoms with van der Waals surface area (Å²) in [6.07, 6.45) is 1.96. The molecular formula is C13H12ClN3O2. The van der Waals surface area contributed by atoms with Crippen LogP contribution in [0.1, 0.15) is 40.5 Å². The Bertz CT molecular complexity index is 662. The number of aromatic carboxylic acids is 1. The molecule has 98 valence electrons. The summed E-state index contributed by atoms with van der Waals surface area (Å²) in [7, 11) is 0. The SMILES string of the molecule is Cc1ccc(-n2nnc(C(=O)O)c2C2CC2)cc1Cl. The Balaban J connectivity index is 2.14. The average Bonchev–Trinajstić information content (AvgIpc) is 3.11.